The van der Waals surface area contributed by atoms with E-state index in [0.29, 0.717) is 5.59 Å². The first-order chi connectivity index (χ1) is 9.78. The number of hydrogen-bond donors (Lipinski definition) is 0. The van der Waals surface area contributed by atoms with Gasteiger partial charge >= 0.3 is 7.12 Å². The largest absolute Gasteiger partial charge is 0.514 e. The lowest BCUT2D eigenvalue weighted by Gasteiger charge is -2.32. The van der Waals surface area contributed by atoms with Gasteiger partial charge in [0.2, 0.25) is 0 Å². The summed E-state index contributed by atoms with van der Waals surface area (Å²) in [7, 11) is -0.752. The quantitative estimate of drug-likeness (QED) is 0.738. The Labute approximate surface area is 111 Å². The molecule has 2 heterocycles. The third-order valence-electron chi connectivity index (χ3n) is 3.42. The molecule has 1 saturated heterocycles. The van der Waals surface area contributed by atoms with Gasteiger partial charge in [-0.25, -0.2) is 0 Å². The summed E-state index contributed by atoms with van der Waals surface area (Å²) in [6.07, 6.45) is -1.09. The van der Waals surface area contributed by atoms with E-state index in [1.54, 1.807) is 0 Å². The van der Waals surface area contributed by atoms with E-state index in [1.807, 2.05) is 27.7 Å². The van der Waals surface area contributed by atoms with Crippen molar-refractivity contribution in [3.8, 4) is 0 Å². The topological polar surface area (TPSA) is 31.4 Å². The average molecular weight is 238 g/mol. The highest BCUT2D eigenvalue weighted by molar-refractivity contribution is 6.61. The van der Waals surface area contributed by atoms with Gasteiger partial charge in [-0.3, -0.25) is 4.98 Å². The van der Waals surface area contributed by atoms with Crippen LogP contribution in [0.1, 0.15) is 47.0 Å². The van der Waals surface area contributed by atoms with Gasteiger partial charge in [0, 0.05) is 13.1 Å². The molecule has 1 aromatic rings. The minimum Gasteiger partial charge on any atom is -0.398 e. The third kappa shape index (κ3) is 2.24. The summed E-state index contributed by atoms with van der Waals surface area (Å²) in [5.74, 6) is 0. The molecule has 2 rings (SSSR count). The number of hydrogen-bond acceptors (Lipinski definition) is 3. The molecule has 1 aromatic heterocycles. The first-order valence-corrected chi connectivity index (χ1v) is 5.60. The Balaban J connectivity index is 2.35. The highest BCUT2D eigenvalue weighted by Gasteiger charge is 2.52. The van der Waals surface area contributed by atoms with Crippen molar-refractivity contribution in [2.24, 2.45) is 0 Å². The second kappa shape index (κ2) is 4.11. The molecular formula is C13H20BNO2. The van der Waals surface area contributed by atoms with Crippen molar-refractivity contribution < 1.29 is 16.2 Å². The van der Waals surface area contributed by atoms with E-state index < -0.39 is 31.5 Å². The van der Waals surface area contributed by atoms with Crippen LogP contribution in [0.3, 0.4) is 0 Å². The predicted molar refractivity (Wildman–Crippen MR) is 69.3 cm³/mol. The maximum Gasteiger partial charge on any atom is 0.514 e. The van der Waals surface area contributed by atoms with Crippen LogP contribution < -0.4 is 5.59 Å². The van der Waals surface area contributed by atoms with E-state index in [1.165, 1.54) is 18.3 Å². The lowest BCUT2D eigenvalue weighted by Crippen LogP contribution is -2.41. The summed E-state index contributed by atoms with van der Waals surface area (Å²) < 4.78 is 49.4. The van der Waals surface area contributed by atoms with E-state index >= 15 is 0 Å². The van der Waals surface area contributed by atoms with E-state index in [-0.39, 0.29) is 5.56 Å². The molecule has 0 saturated carbocycles. The molecule has 92 valence electrons. The smallest absolute Gasteiger partial charge is 0.398 e. The van der Waals surface area contributed by atoms with Gasteiger partial charge in [0.05, 0.1) is 16.8 Å². The minimum atomic E-state index is -2.76. The molecule has 1 fully saturated rings. The number of rotatable bonds is 2. The molecule has 0 unspecified atom stereocenters. The Morgan fingerprint density at radius 1 is 1.35 bits per heavy atom. The van der Waals surface area contributed by atoms with Crippen molar-refractivity contribution >= 4 is 12.7 Å². The fourth-order valence-corrected chi connectivity index (χ4v) is 1.62. The summed E-state index contributed by atoms with van der Waals surface area (Å²) in [5.41, 5.74) is -0.687. The Morgan fingerprint density at radius 3 is 2.59 bits per heavy atom. The van der Waals surface area contributed by atoms with E-state index in [0.717, 1.165) is 0 Å². The zero-order chi connectivity index (χ0) is 17.0. The van der Waals surface area contributed by atoms with Crippen LogP contribution in [0.2, 0.25) is 0 Å². The number of pyridine rings is 1. The van der Waals surface area contributed by atoms with Crippen LogP contribution in [0, 0.1) is 0 Å². The van der Waals surface area contributed by atoms with Gasteiger partial charge in [0.1, 0.15) is 0 Å². The normalized spacial score (nSPS) is 27.8. The molecular weight excluding hydrogens is 213 g/mol. The lowest BCUT2D eigenvalue weighted by molar-refractivity contribution is 0.00578. The van der Waals surface area contributed by atoms with Crippen LogP contribution >= 0.6 is 0 Å². The second-order valence-corrected chi connectivity index (χ2v) is 5.18. The minimum absolute atomic E-state index is 0.0345. The van der Waals surface area contributed by atoms with Crippen molar-refractivity contribution in [2.75, 3.05) is 0 Å². The van der Waals surface area contributed by atoms with Crippen LogP contribution in [0.25, 0.3) is 0 Å². The Hall–Kier alpha value is -0.865. The van der Waals surface area contributed by atoms with Gasteiger partial charge in [-0.05, 0) is 51.8 Å². The Kier molecular flexibility index (Phi) is 1.82. The van der Waals surface area contributed by atoms with Crippen LogP contribution in [0.15, 0.2) is 18.3 Å². The molecule has 0 aliphatic carbocycles. The molecule has 0 N–H and O–H groups in total. The first kappa shape index (κ1) is 7.54. The molecule has 1 aliphatic heterocycles. The maximum absolute atomic E-state index is 7.84. The van der Waals surface area contributed by atoms with Gasteiger partial charge in [0.15, 0.2) is 0 Å². The molecule has 17 heavy (non-hydrogen) atoms. The van der Waals surface area contributed by atoms with Crippen molar-refractivity contribution in [3.05, 3.63) is 23.9 Å². The number of aryl methyl sites for hydroxylation is 1. The molecule has 0 atom stereocenters. The highest BCUT2D eigenvalue weighted by atomic mass is 16.7. The third-order valence-corrected chi connectivity index (χ3v) is 3.42. The molecule has 3 nitrogen and oxygen atoms in total. The van der Waals surface area contributed by atoms with Crippen molar-refractivity contribution in [3.63, 3.8) is 0 Å². The van der Waals surface area contributed by atoms with Crippen molar-refractivity contribution in [1.82, 2.24) is 4.98 Å². The first-order valence-electron chi connectivity index (χ1n) is 8.10. The fourth-order valence-electron chi connectivity index (χ4n) is 1.62. The Morgan fingerprint density at radius 2 is 2.00 bits per heavy atom. The van der Waals surface area contributed by atoms with Gasteiger partial charge in [-0.1, -0.05) is 6.85 Å². The number of nitrogens with zero attached hydrogens (tertiary/aromatic N) is 1. The van der Waals surface area contributed by atoms with Crippen molar-refractivity contribution in [1.29, 1.82) is 0 Å². The van der Waals surface area contributed by atoms with E-state index in [9.17, 15) is 0 Å². The van der Waals surface area contributed by atoms with Crippen molar-refractivity contribution in [2.45, 2.75) is 52.1 Å². The SMILES string of the molecule is [2H]C([2H])([2H])C([2H])([2H])c1ccnc(B2OC(C)(C)C(C)(C)O2)c1. The van der Waals surface area contributed by atoms with E-state index in [4.69, 9.17) is 16.2 Å². The standard InChI is InChI=1S/C13H20BNO2/c1-6-10-7-8-15-11(9-10)14-16-12(2,3)13(4,5)17-14/h7-9H,6H2,1-5H3/i1D3,6D2. The predicted octanol–water partition coefficient (Wildman–Crippen LogP) is 1.94. The van der Waals surface area contributed by atoms with Gasteiger partial charge in [0.25, 0.3) is 0 Å². The molecule has 0 amide bonds. The lowest BCUT2D eigenvalue weighted by atomic mass is 9.83. The molecule has 0 aromatic carbocycles. The highest BCUT2D eigenvalue weighted by Crippen LogP contribution is 2.36. The summed E-state index contributed by atoms with van der Waals surface area (Å²) in [6.45, 7) is 4.84. The van der Waals surface area contributed by atoms with E-state index in [2.05, 4.69) is 4.98 Å². The fraction of sp³-hybridized carbons (Fsp3) is 0.615. The maximum atomic E-state index is 7.84. The summed E-state index contributed by atoms with van der Waals surface area (Å²) in [5, 5.41) is 0. The van der Waals surface area contributed by atoms with Crippen LogP contribution in [-0.2, 0) is 15.7 Å². The zero-order valence-electron chi connectivity index (χ0n) is 15.6. The van der Waals surface area contributed by atoms with Gasteiger partial charge in [-0.2, -0.15) is 0 Å². The van der Waals surface area contributed by atoms with Gasteiger partial charge < -0.3 is 9.31 Å². The molecule has 1 aliphatic rings. The van der Waals surface area contributed by atoms with Crippen LogP contribution in [0.5, 0.6) is 0 Å². The zero-order valence-corrected chi connectivity index (χ0v) is 10.6. The monoisotopic (exact) mass is 238 g/mol. The van der Waals surface area contributed by atoms with Crippen LogP contribution in [-0.4, -0.2) is 23.3 Å². The number of aromatic nitrogens is 1. The second-order valence-electron chi connectivity index (χ2n) is 5.18. The summed E-state index contributed by atoms with van der Waals surface area (Å²) in [6, 6.07) is 2.76. The Bertz CT molecular complexity index is 558. The molecule has 4 heteroatoms. The van der Waals surface area contributed by atoms with Crippen LogP contribution in [0.4, 0.5) is 0 Å². The summed E-state index contributed by atoms with van der Waals surface area (Å²) in [4.78, 5) is 4.15. The van der Waals surface area contributed by atoms with Gasteiger partial charge in [-0.15, -0.1) is 0 Å². The summed E-state index contributed by atoms with van der Waals surface area (Å²) >= 11 is 0. The molecule has 0 spiro atoms. The molecule has 0 bridgehead atoms. The molecule has 0 radical (unpaired) electrons. The average Bonchev–Trinajstić information content (AvgIpc) is 2.57.